The lowest BCUT2D eigenvalue weighted by atomic mass is 9.92. The average Bonchev–Trinajstić information content (AvgIpc) is 2.91. The molecule has 0 aliphatic heterocycles. The Morgan fingerprint density at radius 1 is 1.30 bits per heavy atom. The first-order valence-corrected chi connectivity index (χ1v) is 7.79. The van der Waals surface area contributed by atoms with Gasteiger partial charge < -0.3 is 5.32 Å². The molecule has 1 aliphatic carbocycles. The van der Waals surface area contributed by atoms with Crippen LogP contribution in [0, 0.1) is 17.6 Å². The first kappa shape index (κ1) is 15.6. The van der Waals surface area contributed by atoms with Crippen molar-refractivity contribution in [1.82, 2.24) is 15.1 Å². The van der Waals surface area contributed by atoms with Crippen LogP contribution in [0.15, 0.2) is 24.4 Å². The van der Waals surface area contributed by atoms with Gasteiger partial charge in [0.05, 0.1) is 17.9 Å². The van der Waals surface area contributed by atoms with Gasteiger partial charge >= 0.3 is 0 Å². The minimum atomic E-state index is -0.635. The third kappa shape index (κ3) is 3.11. The Kier molecular flexibility index (Phi) is 4.15. The molecule has 6 heteroatoms. The van der Waals surface area contributed by atoms with Crippen LogP contribution in [0.3, 0.4) is 0 Å². The molecule has 0 fully saturated rings. The summed E-state index contributed by atoms with van der Waals surface area (Å²) in [7, 11) is 0. The third-order valence-corrected chi connectivity index (χ3v) is 4.12. The number of benzene rings is 1. The van der Waals surface area contributed by atoms with Crippen molar-refractivity contribution in [1.29, 1.82) is 0 Å². The summed E-state index contributed by atoms with van der Waals surface area (Å²) in [6, 6.07) is 3.26. The quantitative estimate of drug-likeness (QED) is 0.943. The number of carbonyl (C=O) groups excluding carboxylic acids is 1. The molecule has 0 radical (unpaired) electrons. The molecule has 1 aromatic carbocycles. The number of rotatable bonds is 3. The number of nitrogens with zero attached hydrogens (tertiary/aromatic N) is 2. The summed E-state index contributed by atoms with van der Waals surface area (Å²) < 4.78 is 28.5. The highest BCUT2D eigenvalue weighted by Gasteiger charge is 2.26. The van der Waals surface area contributed by atoms with E-state index in [0.717, 1.165) is 36.6 Å². The van der Waals surface area contributed by atoms with Crippen LogP contribution in [0.2, 0.25) is 0 Å². The molecule has 1 aliphatic rings. The summed E-state index contributed by atoms with van der Waals surface area (Å²) in [6.45, 7) is 3.69. The molecular formula is C17H19F2N3O. The minimum Gasteiger partial charge on any atom is -0.349 e. The van der Waals surface area contributed by atoms with Gasteiger partial charge in [-0.15, -0.1) is 0 Å². The van der Waals surface area contributed by atoms with E-state index < -0.39 is 11.6 Å². The van der Waals surface area contributed by atoms with Crippen molar-refractivity contribution >= 4 is 5.91 Å². The number of hydrogen-bond acceptors (Lipinski definition) is 2. The molecule has 23 heavy (non-hydrogen) atoms. The number of aromatic nitrogens is 2. The van der Waals surface area contributed by atoms with Gasteiger partial charge in [0.25, 0.3) is 0 Å². The molecule has 1 aromatic heterocycles. The molecule has 1 N–H and O–H groups in total. The predicted molar refractivity (Wildman–Crippen MR) is 82.1 cm³/mol. The zero-order valence-electron chi connectivity index (χ0n) is 13.1. The Bertz CT molecular complexity index is 719. The maximum atomic E-state index is 13.5. The normalized spacial score (nSPS) is 17.2. The fourth-order valence-corrected chi connectivity index (χ4v) is 2.93. The SMILES string of the molecule is CC(C)C(=O)NC1CCCc2c1cnn2-c1cc(F)cc(F)c1. The van der Waals surface area contributed by atoms with Gasteiger partial charge in [0, 0.05) is 23.2 Å². The molecule has 0 bridgehead atoms. The number of carbonyl (C=O) groups is 1. The second kappa shape index (κ2) is 6.10. The standard InChI is InChI=1S/C17H19F2N3O/c1-10(2)17(23)21-15-4-3-5-16-14(15)9-20-22(16)13-7-11(18)6-12(19)8-13/h6-10,15H,3-5H2,1-2H3,(H,21,23). The highest BCUT2D eigenvalue weighted by atomic mass is 19.1. The largest absolute Gasteiger partial charge is 0.349 e. The molecule has 4 nitrogen and oxygen atoms in total. The van der Waals surface area contributed by atoms with E-state index >= 15 is 0 Å². The van der Waals surface area contributed by atoms with E-state index in [1.807, 2.05) is 13.8 Å². The minimum absolute atomic E-state index is 0.00704. The van der Waals surface area contributed by atoms with Crippen molar-refractivity contribution in [3.8, 4) is 5.69 Å². The number of hydrogen-bond donors (Lipinski definition) is 1. The van der Waals surface area contributed by atoms with Crippen LogP contribution in [-0.4, -0.2) is 15.7 Å². The fraction of sp³-hybridized carbons (Fsp3) is 0.412. The highest BCUT2D eigenvalue weighted by Crippen LogP contribution is 2.31. The van der Waals surface area contributed by atoms with Gasteiger partial charge in [-0.2, -0.15) is 5.10 Å². The van der Waals surface area contributed by atoms with Gasteiger partial charge in [0.1, 0.15) is 11.6 Å². The molecule has 3 rings (SSSR count). The van der Waals surface area contributed by atoms with Gasteiger partial charge in [0.2, 0.25) is 5.91 Å². The molecule has 1 amide bonds. The number of amides is 1. The molecule has 1 unspecified atom stereocenters. The van der Waals surface area contributed by atoms with Crippen molar-refractivity contribution in [2.45, 2.75) is 39.2 Å². The Labute approximate surface area is 133 Å². The van der Waals surface area contributed by atoms with E-state index in [2.05, 4.69) is 10.4 Å². The first-order valence-electron chi connectivity index (χ1n) is 7.79. The summed E-state index contributed by atoms with van der Waals surface area (Å²) >= 11 is 0. The van der Waals surface area contributed by atoms with E-state index in [-0.39, 0.29) is 17.9 Å². The molecule has 0 saturated carbocycles. The number of fused-ring (bicyclic) bond motifs is 1. The van der Waals surface area contributed by atoms with Gasteiger partial charge in [-0.25, -0.2) is 13.5 Å². The zero-order valence-corrected chi connectivity index (χ0v) is 13.1. The van der Waals surface area contributed by atoms with Gasteiger partial charge in [0.15, 0.2) is 0 Å². The van der Waals surface area contributed by atoms with Crippen LogP contribution in [0.25, 0.3) is 5.69 Å². The molecule has 2 aromatic rings. The van der Waals surface area contributed by atoms with Crippen molar-refractivity contribution in [2.75, 3.05) is 0 Å². The van der Waals surface area contributed by atoms with Crippen molar-refractivity contribution in [3.05, 3.63) is 47.3 Å². The average molecular weight is 319 g/mol. The molecule has 1 atom stereocenters. The van der Waals surface area contributed by atoms with Crippen LogP contribution in [0.5, 0.6) is 0 Å². The second-order valence-electron chi connectivity index (χ2n) is 6.19. The zero-order chi connectivity index (χ0) is 16.6. The van der Waals surface area contributed by atoms with Gasteiger partial charge in [-0.05, 0) is 31.4 Å². The van der Waals surface area contributed by atoms with Crippen LogP contribution < -0.4 is 5.32 Å². The van der Waals surface area contributed by atoms with E-state index in [0.29, 0.717) is 5.69 Å². The third-order valence-electron chi connectivity index (χ3n) is 4.12. The molecule has 122 valence electrons. The Morgan fingerprint density at radius 3 is 2.65 bits per heavy atom. The summed E-state index contributed by atoms with van der Waals surface area (Å²) in [5.74, 6) is -1.37. The molecule has 0 saturated heterocycles. The monoisotopic (exact) mass is 319 g/mol. The number of halogens is 2. The van der Waals surface area contributed by atoms with E-state index in [1.165, 1.54) is 12.1 Å². The lowest BCUT2D eigenvalue weighted by molar-refractivity contribution is -0.124. The topological polar surface area (TPSA) is 46.9 Å². The Morgan fingerprint density at radius 2 is 2.00 bits per heavy atom. The molecular weight excluding hydrogens is 300 g/mol. The Hall–Kier alpha value is -2.24. The first-order chi connectivity index (χ1) is 11.0. The fourth-order valence-electron chi connectivity index (χ4n) is 2.93. The second-order valence-corrected chi connectivity index (χ2v) is 6.19. The lowest BCUT2D eigenvalue weighted by Crippen LogP contribution is -2.33. The lowest BCUT2D eigenvalue weighted by Gasteiger charge is -2.25. The summed E-state index contributed by atoms with van der Waals surface area (Å²) in [6.07, 6.45) is 4.18. The number of nitrogens with one attached hydrogen (secondary N) is 1. The molecule has 0 spiro atoms. The summed E-state index contributed by atoms with van der Waals surface area (Å²) in [4.78, 5) is 11.9. The van der Waals surface area contributed by atoms with Crippen molar-refractivity contribution in [3.63, 3.8) is 0 Å². The smallest absolute Gasteiger partial charge is 0.223 e. The summed E-state index contributed by atoms with van der Waals surface area (Å²) in [5, 5.41) is 7.31. The molecule has 1 heterocycles. The van der Waals surface area contributed by atoms with Gasteiger partial charge in [-0.1, -0.05) is 13.8 Å². The van der Waals surface area contributed by atoms with Gasteiger partial charge in [-0.3, -0.25) is 4.79 Å². The van der Waals surface area contributed by atoms with Crippen molar-refractivity contribution in [2.24, 2.45) is 5.92 Å². The van der Waals surface area contributed by atoms with Crippen molar-refractivity contribution < 1.29 is 13.6 Å². The van der Waals surface area contributed by atoms with E-state index in [9.17, 15) is 13.6 Å². The maximum Gasteiger partial charge on any atom is 0.223 e. The summed E-state index contributed by atoms with van der Waals surface area (Å²) in [5.41, 5.74) is 2.19. The van der Waals surface area contributed by atoms with Crippen LogP contribution >= 0.6 is 0 Å². The van der Waals surface area contributed by atoms with Crippen LogP contribution in [-0.2, 0) is 11.2 Å². The van der Waals surface area contributed by atoms with Crippen LogP contribution in [0.1, 0.15) is 44.0 Å². The van der Waals surface area contributed by atoms with Crippen LogP contribution in [0.4, 0.5) is 8.78 Å². The predicted octanol–water partition coefficient (Wildman–Crippen LogP) is 3.30. The van der Waals surface area contributed by atoms with E-state index in [4.69, 9.17) is 0 Å². The van der Waals surface area contributed by atoms with E-state index in [1.54, 1.807) is 10.9 Å². The highest BCUT2D eigenvalue weighted by molar-refractivity contribution is 5.78. The Balaban J connectivity index is 1.95. The maximum absolute atomic E-state index is 13.5.